The van der Waals surface area contributed by atoms with E-state index in [2.05, 4.69) is 30.7 Å². The Morgan fingerprint density at radius 1 is 1.00 bits per heavy atom. The van der Waals surface area contributed by atoms with E-state index in [1.807, 2.05) is 81.9 Å². The fourth-order valence-electron chi connectivity index (χ4n) is 4.60. The number of rotatable bonds is 8. The summed E-state index contributed by atoms with van der Waals surface area (Å²) in [5.74, 6) is 1.11. The summed E-state index contributed by atoms with van der Waals surface area (Å²) in [5, 5.41) is 11.6. The highest BCUT2D eigenvalue weighted by molar-refractivity contribution is 5.86. The molecular formula is C31H34N8O3. The molecule has 0 bridgehead atoms. The number of nitrogens with zero attached hydrogens (tertiary/aromatic N) is 6. The van der Waals surface area contributed by atoms with E-state index in [4.69, 9.17) is 4.74 Å². The van der Waals surface area contributed by atoms with E-state index in [-0.39, 0.29) is 5.56 Å². The number of aryl methyl sites for hydroxylation is 2. The van der Waals surface area contributed by atoms with E-state index in [0.717, 1.165) is 33.3 Å². The zero-order valence-corrected chi connectivity index (χ0v) is 24.4. The molecule has 4 heterocycles. The summed E-state index contributed by atoms with van der Waals surface area (Å²) in [4.78, 5) is 37.5. The minimum atomic E-state index is -0.592. The summed E-state index contributed by atoms with van der Waals surface area (Å²) in [5.41, 5.74) is 4.86. The zero-order chi connectivity index (χ0) is 29.9. The number of nitrogens with one attached hydrogen (secondary N) is 2. The van der Waals surface area contributed by atoms with E-state index in [9.17, 15) is 9.59 Å². The van der Waals surface area contributed by atoms with Gasteiger partial charge in [-0.1, -0.05) is 30.3 Å². The van der Waals surface area contributed by atoms with Gasteiger partial charge in [0.2, 0.25) is 0 Å². The highest BCUT2D eigenvalue weighted by Crippen LogP contribution is 2.22. The minimum Gasteiger partial charge on any atom is -0.444 e. The standard InChI is InChI=1S/C31H34N8O3/c1-20-14-26(36-30(41)42-31(3,4)5)35-21(2)24(20)15-32-28-25-18-39(37-29(25)34-19-33-28)17-23-11-9-22(10-12-23)16-38-13-7-6-8-27(38)40/h6-14,18-19H,15-17H2,1-5H3,(H,35,36,41)(H,32,33,34,37). The smallest absolute Gasteiger partial charge is 0.413 e. The maximum Gasteiger partial charge on any atom is 0.413 e. The van der Waals surface area contributed by atoms with Crippen LogP contribution in [-0.2, 0) is 24.4 Å². The molecule has 0 atom stereocenters. The second-order valence-electron chi connectivity index (χ2n) is 11.1. The molecule has 216 valence electrons. The van der Waals surface area contributed by atoms with Crippen LogP contribution in [0.2, 0.25) is 0 Å². The molecule has 1 amide bonds. The molecule has 0 radical (unpaired) electrons. The molecule has 0 fully saturated rings. The maximum atomic E-state index is 12.2. The Labute approximate surface area is 243 Å². The predicted molar refractivity (Wildman–Crippen MR) is 162 cm³/mol. The lowest BCUT2D eigenvalue weighted by molar-refractivity contribution is 0.0635. The van der Waals surface area contributed by atoms with Crippen LogP contribution in [-0.4, -0.2) is 41.0 Å². The number of pyridine rings is 2. The van der Waals surface area contributed by atoms with Gasteiger partial charge in [0.25, 0.3) is 5.56 Å². The Morgan fingerprint density at radius 2 is 1.74 bits per heavy atom. The first-order valence-electron chi connectivity index (χ1n) is 13.7. The highest BCUT2D eigenvalue weighted by atomic mass is 16.6. The van der Waals surface area contributed by atoms with E-state index >= 15 is 0 Å². The van der Waals surface area contributed by atoms with E-state index in [1.54, 1.807) is 22.9 Å². The van der Waals surface area contributed by atoms with Crippen LogP contribution >= 0.6 is 0 Å². The van der Waals surface area contributed by atoms with Crippen LogP contribution < -0.4 is 16.2 Å². The van der Waals surface area contributed by atoms with Gasteiger partial charge in [-0.05, 0) is 69.0 Å². The molecule has 5 aromatic rings. The molecule has 0 spiro atoms. The first-order valence-corrected chi connectivity index (χ1v) is 13.7. The molecule has 4 aromatic heterocycles. The van der Waals surface area contributed by atoms with Gasteiger partial charge in [-0.2, -0.15) is 5.10 Å². The molecule has 0 aliphatic heterocycles. The summed E-state index contributed by atoms with van der Waals surface area (Å²) in [6.45, 7) is 10.9. The molecule has 11 nitrogen and oxygen atoms in total. The van der Waals surface area contributed by atoms with Gasteiger partial charge >= 0.3 is 6.09 Å². The molecule has 5 rings (SSSR count). The Bertz CT molecular complexity index is 1760. The third kappa shape index (κ3) is 6.98. The Morgan fingerprint density at radius 3 is 2.43 bits per heavy atom. The maximum absolute atomic E-state index is 12.2. The Hall–Kier alpha value is -5.06. The number of carbonyl (C=O) groups excluding carboxylic acids is 1. The summed E-state index contributed by atoms with van der Waals surface area (Å²) < 4.78 is 8.85. The summed E-state index contributed by atoms with van der Waals surface area (Å²) in [7, 11) is 0. The molecule has 11 heteroatoms. The second kappa shape index (κ2) is 11.8. The average molecular weight is 567 g/mol. The topological polar surface area (TPSA) is 129 Å². The van der Waals surface area contributed by atoms with Crippen molar-refractivity contribution in [1.29, 1.82) is 0 Å². The van der Waals surface area contributed by atoms with Gasteiger partial charge in [-0.3, -0.25) is 14.8 Å². The van der Waals surface area contributed by atoms with Crippen molar-refractivity contribution in [3.05, 3.63) is 106 Å². The SMILES string of the molecule is Cc1cc(NC(=O)OC(C)(C)C)nc(C)c1CNc1ncnc2nn(Cc3ccc(Cn4ccccc4=O)cc3)cc12. The number of aromatic nitrogens is 6. The molecule has 0 unspecified atom stereocenters. The average Bonchev–Trinajstić information content (AvgIpc) is 3.33. The van der Waals surface area contributed by atoms with Crippen LogP contribution in [0.1, 0.15) is 48.7 Å². The molecule has 0 saturated heterocycles. The molecule has 0 aliphatic rings. The van der Waals surface area contributed by atoms with Gasteiger partial charge < -0.3 is 14.6 Å². The van der Waals surface area contributed by atoms with Crippen molar-refractivity contribution >= 4 is 28.8 Å². The largest absolute Gasteiger partial charge is 0.444 e. The minimum absolute atomic E-state index is 0.0239. The predicted octanol–water partition coefficient (Wildman–Crippen LogP) is 5.06. The molecular weight excluding hydrogens is 532 g/mol. The van der Waals surface area contributed by atoms with Crippen LogP contribution in [0.3, 0.4) is 0 Å². The molecule has 42 heavy (non-hydrogen) atoms. The van der Waals surface area contributed by atoms with Crippen LogP contribution in [0.25, 0.3) is 11.0 Å². The van der Waals surface area contributed by atoms with E-state index < -0.39 is 11.7 Å². The number of anilines is 2. The fourth-order valence-corrected chi connectivity index (χ4v) is 4.60. The Balaban J connectivity index is 1.26. The monoisotopic (exact) mass is 566 g/mol. The van der Waals surface area contributed by atoms with Crippen molar-refractivity contribution in [3.63, 3.8) is 0 Å². The lowest BCUT2D eigenvalue weighted by Gasteiger charge is -2.20. The van der Waals surface area contributed by atoms with Gasteiger partial charge in [-0.15, -0.1) is 0 Å². The molecule has 2 N–H and O–H groups in total. The van der Waals surface area contributed by atoms with E-state index in [1.165, 1.54) is 6.33 Å². The normalized spacial score (nSPS) is 11.5. The summed E-state index contributed by atoms with van der Waals surface area (Å²) in [6.07, 6.45) is 4.67. The van der Waals surface area contributed by atoms with Gasteiger partial charge in [0.05, 0.1) is 18.5 Å². The number of amides is 1. The van der Waals surface area contributed by atoms with Gasteiger partial charge in [0.15, 0.2) is 5.65 Å². The third-order valence-electron chi connectivity index (χ3n) is 6.60. The van der Waals surface area contributed by atoms with Crippen LogP contribution in [0.5, 0.6) is 0 Å². The summed E-state index contributed by atoms with van der Waals surface area (Å²) in [6, 6.07) is 15.1. The summed E-state index contributed by atoms with van der Waals surface area (Å²) >= 11 is 0. The van der Waals surface area contributed by atoms with Crippen molar-refractivity contribution < 1.29 is 9.53 Å². The highest BCUT2D eigenvalue weighted by Gasteiger charge is 2.18. The first-order chi connectivity index (χ1) is 20.0. The van der Waals surface area contributed by atoms with Gasteiger partial charge in [0, 0.05) is 30.7 Å². The van der Waals surface area contributed by atoms with E-state index in [0.29, 0.717) is 36.9 Å². The van der Waals surface area contributed by atoms with Crippen LogP contribution in [0.15, 0.2) is 72.0 Å². The number of ether oxygens (including phenoxy) is 1. The number of hydrogen-bond acceptors (Lipinski definition) is 8. The number of carbonyl (C=O) groups is 1. The lowest BCUT2D eigenvalue weighted by atomic mass is 10.1. The third-order valence-corrected chi connectivity index (χ3v) is 6.60. The number of benzene rings is 1. The van der Waals surface area contributed by atoms with Crippen molar-refractivity contribution in [2.24, 2.45) is 0 Å². The van der Waals surface area contributed by atoms with Crippen LogP contribution in [0.4, 0.5) is 16.4 Å². The lowest BCUT2D eigenvalue weighted by Crippen LogP contribution is -2.27. The quantitative estimate of drug-likeness (QED) is 0.267. The molecule has 0 aliphatic carbocycles. The number of fused-ring (bicyclic) bond motifs is 1. The van der Waals surface area contributed by atoms with Gasteiger partial charge in [-0.25, -0.2) is 19.7 Å². The first kappa shape index (κ1) is 28.5. The fraction of sp³-hybridized carbons (Fsp3) is 0.290. The number of hydrogen-bond donors (Lipinski definition) is 2. The second-order valence-corrected chi connectivity index (χ2v) is 11.1. The molecule has 0 saturated carbocycles. The van der Waals surface area contributed by atoms with Crippen molar-refractivity contribution in [1.82, 2.24) is 29.3 Å². The molecule has 1 aromatic carbocycles. The van der Waals surface area contributed by atoms with Crippen LogP contribution in [0, 0.1) is 13.8 Å². The van der Waals surface area contributed by atoms with Crippen molar-refractivity contribution in [2.75, 3.05) is 10.6 Å². The van der Waals surface area contributed by atoms with Crippen molar-refractivity contribution in [2.45, 2.75) is 59.9 Å². The zero-order valence-electron chi connectivity index (χ0n) is 24.4. The van der Waals surface area contributed by atoms with Gasteiger partial charge in [0.1, 0.15) is 23.6 Å². The van der Waals surface area contributed by atoms with Crippen molar-refractivity contribution in [3.8, 4) is 0 Å². The Kier molecular flexibility index (Phi) is 8.01.